The summed E-state index contributed by atoms with van der Waals surface area (Å²) in [7, 11) is 0. The molecule has 476 valence electrons. The Labute approximate surface area is 562 Å². The van der Waals surface area contributed by atoms with Crippen LogP contribution in [0.4, 0.5) is 17.1 Å². The highest BCUT2D eigenvalue weighted by Crippen LogP contribution is 2.51. The summed E-state index contributed by atoms with van der Waals surface area (Å²) in [6.07, 6.45) is 0. The fourth-order valence-corrected chi connectivity index (χ4v) is 14.1. The molecular formula is C92H98N2. The Bertz CT molecular complexity index is 4840. The van der Waals surface area contributed by atoms with E-state index in [2.05, 4.69) is 367 Å². The van der Waals surface area contributed by atoms with Crippen LogP contribution >= 0.6 is 0 Å². The van der Waals surface area contributed by atoms with E-state index in [1.54, 1.807) is 0 Å². The topological polar surface area (TPSA) is 8.17 Å². The highest BCUT2D eigenvalue weighted by molar-refractivity contribution is 6.28. The summed E-state index contributed by atoms with van der Waals surface area (Å²) in [5.41, 5.74) is 25.3. The summed E-state index contributed by atoms with van der Waals surface area (Å²) >= 11 is 0. The largest absolute Gasteiger partial charge is 0.309 e. The lowest BCUT2D eigenvalue weighted by Gasteiger charge is -2.33. The lowest BCUT2D eigenvalue weighted by atomic mass is 9.78. The minimum Gasteiger partial charge on any atom is -0.309 e. The molecule has 0 fully saturated rings. The van der Waals surface area contributed by atoms with Crippen molar-refractivity contribution in [1.29, 1.82) is 0 Å². The van der Waals surface area contributed by atoms with Gasteiger partial charge in [0.2, 0.25) is 0 Å². The van der Waals surface area contributed by atoms with Crippen molar-refractivity contribution in [3.05, 3.63) is 251 Å². The molecule has 0 aliphatic carbocycles. The molecule has 0 radical (unpaired) electrons. The molecule has 2 heteroatoms. The summed E-state index contributed by atoms with van der Waals surface area (Å²) < 4.78 is 2.56. The predicted octanol–water partition coefficient (Wildman–Crippen LogP) is 26.9. The first kappa shape index (κ1) is 64.0. The maximum Gasteiger partial charge on any atom is 0.0543 e. The van der Waals surface area contributed by atoms with E-state index < -0.39 is 0 Å². The molecule has 0 spiro atoms. The molecule has 0 bridgehead atoms. The molecule has 12 aromatic carbocycles. The second-order valence-electron chi connectivity index (χ2n) is 34.5. The molecule has 0 aliphatic heterocycles. The number of fused-ring (bicyclic) bond motifs is 3. The fourth-order valence-electron chi connectivity index (χ4n) is 14.1. The van der Waals surface area contributed by atoms with Crippen molar-refractivity contribution in [3.8, 4) is 50.2 Å². The lowest BCUT2D eigenvalue weighted by Crippen LogP contribution is -2.17. The molecule has 0 atom stereocenters. The van der Waals surface area contributed by atoms with Gasteiger partial charge in [0.15, 0.2) is 0 Å². The Morgan fingerprint density at radius 3 is 1.10 bits per heavy atom. The molecule has 0 unspecified atom stereocenters. The van der Waals surface area contributed by atoms with Crippen molar-refractivity contribution in [2.24, 2.45) is 0 Å². The molecule has 1 heterocycles. The van der Waals surface area contributed by atoms with E-state index in [4.69, 9.17) is 0 Å². The van der Waals surface area contributed by atoms with Crippen LogP contribution in [-0.2, 0) is 37.9 Å². The molecule has 0 saturated carbocycles. The first-order valence-electron chi connectivity index (χ1n) is 34.4. The molecular weight excluding hydrogens is 1130 g/mol. The van der Waals surface area contributed by atoms with Gasteiger partial charge in [-0.2, -0.15) is 0 Å². The van der Waals surface area contributed by atoms with Crippen molar-refractivity contribution in [3.63, 3.8) is 0 Å². The Balaban J connectivity index is 1.15. The first-order chi connectivity index (χ1) is 44.0. The van der Waals surface area contributed by atoms with Crippen LogP contribution in [0.15, 0.2) is 212 Å². The molecule has 0 aliphatic rings. The van der Waals surface area contributed by atoms with Crippen LogP contribution in [0.2, 0.25) is 0 Å². The van der Waals surface area contributed by atoms with Crippen LogP contribution in [0, 0.1) is 0 Å². The average Bonchev–Trinajstić information content (AvgIpc) is 1.25. The SMILES string of the molecule is CC(C)(C)c1cc(-c2cc(-c3cc(C(C)(C)C)cc(C(C)(C)C)c3)cc(N(c3cc(C(C)(C)C)ccc3-c3ccc(-c4ccccc4)cc3)c3ccc4ccc5c(-n6c7ccc(C(C)(C)C)cc7c7cc(C(C)(C)C)ccc76)ccc6ccc3c4c65)c2)cc(C(C)(C)C)c1. The van der Waals surface area contributed by atoms with Gasteiger partial charge in [0.1, 0.15) is 0 Å². The third kappa shape index (κ3) is 11.8. The molecule has 2 nitrogen and oxygen atoms in total. The zero-order valence-electron chi connectivity index (χ0n) is 60.1. The van der Waals surface area contributed by atoms with Gasteiger partial charge in [-0.1, -0.05) is 297 Å². The predicted molar refractivity (Wildman–Crippen MR) is 412 cm³/mol. The van der Waals surface area contributed by atoms with Gasteiger partial charge in [0.25, 0.3) is 0 Å². The number of hydrogen-bond donors (Lipinski definition) is 0. The minimum absolute atomic E-state index is 0.00616. The number of rotatable bonds is 8. The number of benzene rings is 12. The summed E-state index contributed by atoms with van der Waals surface area (Å²) in [5.74, 6) is 0. The van der Waals surface area contributed by atoms with Crippen molar-refractivity contribution in [2.75, 3.05) is 4.90 Å². The van der Waals surface area contributed by atoms with Crippen molar-refractivity contribution < 1.29 is 0 Å². The normalized spacial score (nSPS) is 13.2. The van der Waals surface area contributed by atoms with Gasteiger partial charge >= 0.3 is 0 Å². The second kappa shape index (κ2) is 22.5. The third-order valence-electron chi connectivity index (χ3n) is 20.2. The van der Waals surface area contributed by atoms with E-state index in [9.17, 15) is 0 Å². The number of nitrogens with zero attached hydrogens (tertiary/aromatic N) is 2. The molecule has 13 rings (SSSR count). The highest BCUT2D eigenvalue weighted by atomic mass is 15.1. The van der Waals surface area contributed by atoms with Crippen molar-refractivity contribution >= 4 is 71.2 Å². The van der Waals surface area contributed by atoms with E-state index in [1.165, 1.54) is 132 Å². The van der Waals surface area contributed by atoms with Gasteiger partial charge < -0.3 is 9.47 Å². The van der Waals surface area contributed by atoms with Crippen LogP contribution in [0.5, 0.6) is 0 Å². The van der Waals surface area contributed by atoms with E-state index in [0.29, 0.717) is 0 Å². The van der Waals surface area contributed by atoms with Gasteiger partial charge in [0.05, 0.1) is 28.1 Å². The van der Waals surface area contributed by atoms with E-state index in [1.807, 2.05) is 0 Å². The smallest absolute Gasteiger partial charge is 0.0543 e. The van der Waals surface area contributed by atoms with Gasteiger partial charge in [-0.05, 0) is 198 Å². The molecule has 0 N–H and O–H groups in total. The van der Waals surface area contributed by atoms with Crippen LogP contribution in [0.25, 0.3) is 104 Å². The average molecular weight is 1230 g/mol. The zero-order valence-corrected chi connectivity index (χ0v) is 60.1. The van der Waals surface area contributed by atoms with E-state index >= 15 is 0 Å². The molecule has 0 amide bonds. The summed E-state index contributed by atoms with van der Waals surface area (Å²) in [5, 5.41) is 10.0. The third-order valence-corrected chi connectivity index (χ3v) is 20.2. The van der Waals surface area contributed by atoms with E-state index in [0.717, 1.165) is 28.2 Å². The molecule has 13 aromatic rings. The standard InChI is InChI=1S/C92H98N2/c1-86(2,3)66-36-43-81-77(54-66)78-55-67(87(4,5)6)37-44-82(78)94(81)80-42-34-61-31-38-75-79(41-33-60-32-39-76(80)85(61)84(60)75)93(83-56-68(88(7,8)9)35-40-74(83)59-29-27-58(28-30-59)57-25-23-22-24-26-57)73-50-62(64-46-69(89(10,11)12)52-70(47-64)90(13,14)15)45-63(51-73)65-48-71(91(16,17)18)53-72(49-65)92(19,20)21/h22-56H,1-21H3. The lowest BCUT2D eigenvalue weighted by molar-refractivity contribution is 0.568. The fraction of sp³-hybridized carbons (Fsp3) is 0.304. The molecule has 0 saturated heterocycles. The summed E-state index contributed by atoms with van der Waals surface area (Å²) in [4.78, 5) is 2.65. The highest BCUT2D eigenvalue weighted by Gasteiger charge is 2.30. The van der Waals surface area contributed by atoms with Crippen LogP contribution in [-0.4, -0.2) is 4.57 Å². The zero-order chi connectivity index (χ0) is 67.1. The van der Waals surface area contributed by atoms with Crippen LogP contribution in [0.3, 0.4) is 0 Å². The van der Waals surface area contributed by atoms with Gasteiger partial charge in [-0.25, -0.2) is 0 Å². The van der Waals surface area contributed by atoms with Crippen LogP contribution in [0.1, 0.15) is 184 Å². The minimum atomic E-state index is -0.162. The number of hydrogen-bond acceptors (Lipinski definition) is 1. The molecule has 94 heavy (non-hydrogen) atoms. The maximum atomic E-state index is 2.65. The van der Waals surface area contributed by atoms with Crippen molar-refractivity contribution in [1.82, 2.24) is 4.57 Å². The Hall–Kier alpha value is -8.72. The van der Waals surface area contributed by atoms with Gasteiger partial charge in [-0.15, -0.1) is 0 Å². The summed E-state index contributed by atoms with van der Waals surface area (Å²) in [6, 6.07) is 83.3. The van der Waals surface area contributed by atoms with Gasteiger partial charge in [0, 0.05) is 32.8 Å². The maximum absolute atomic E-state index is 2.65. The summed E-state index contributed by atoms with van der Waals surface area (Å²) in [6.45, 7) is 49.3. The Kier molecular flexibility index (Phi) is 15.3. The second-order valence-corrected chi connectivity index (χ2v) is 34.5. The quantitative estimate of drug-likeness (QED) is 0.138. The van der Waals surface area contributed by atoms with E-state index in [-0.39, 0.29) is 37.9 Å². The van der Waals surface area contributed by atoms with Crippen molar-refractivity contribution in [2.45, 2.75) is 183 Å². The van der Waals surface area contributed by atoms with Gasteiger partial charge in [-0.3, -0.25) is 0 Å². The van der Waals surface area contributed by atoms with Crippen LogP contribution < -0.4 is 4.90 Å². The molecule has 1 aromatic heterocycles. The first-order valence-corrected chi connectivity index (χ1v) is 34.4. The number of aromatic nitrogens is 1. The Morgan fingerprint density at radius 2 is 0.628 bits per heavy atom. The number of anilines is 3. The monoisotopic (exact) mass is 1230 g/mol. The Morgan fingerprint density at radius 1 is 0.245 bits per heavy atom.